The molecule has 2 rings (SSSR count). The molecule has 1 unspecified atom stereocenters. The smallest absolute Gasteiger partial charge is 0.216 e. The molecule has 0 saturated heterocycles. The van der Waals surface area contributed by atoms with Gasteiger partial charge in [-0.15, -0.1) is 24.0 Å². The van der Waals surface area contributed by atoms with E-state index in [0.29, 0.717) is 18.4 Å². The lowest BCUT2D eigenvalue weighted by Crippen LogP contribution is -2.40. The summed E-state index contributed by atoms with van der Waals surface area (Å²) in [5.74, 6) is 2.85. The largest absolute Gasteiger partial charge is 0.444 e. The van der Waals surface area contributed by atoms with Gasteiger partial charge in [0.25, 0.3) is 0 Å². The number of oxazole rings is 1. The van der Waals surface area contributed by atoms with Crippen LogP contribution in [0.2, 0.25) is 0 Å². The Hall–Kier alpha value is -1.09. The van der Waals surface area contributed by atoms with Crippen molar-refractivity contribution in [3.8, 4) is 0 Å². The summed E-state index contributed by atoms with van der Waals surface area (Å²) in [6, 6.07) is 8.52. The molecular formula is C20H30BrIN4O. The summed E-state index contributed by atoms with van der Waals surface area (Å²) in [5, 5.41) is 6.74. The Labute approximate surface area is 188 Å². The van der Waals surface area contributed by atoms with Crippen LogP contribution in [-0.2, 0) is 13.0 Å². The van der Waals surface area contributed by atoms with E-state index in [9.17, 15) is 0 Å². The van der Waals surface area contributed by atoms with Crippen molar-refractivity contribution in [2.24, 2.45) is 10.9 Å². The molecule has 1 heterocycles. The molecule has 1 aromatic heterocycles. The molecule has 0 fully saturated rings. The average Bonchev–Trinajstić information content (AvgIpc) is 2.94. The zero-order valence-corrected chi connectivity index (χ0v) is 20.4. The van der Waals surface area contributed by atoms with Gasteiger partial charge < -0.3 is 15.1 Å². The highest BCUT2D eigenvalue weighted by molar-refractivity contribution is 14.0. The lowest BCUT2D eigenvalue weighted by molar-refractivity contribution is 0.471. The summed E-state index contributed by atoms with van der Waals surface area (Å²) in [4.78, 5) is 8.98. The molecule has 2 aromatic rings. The zero-order valence-electron chi connectivity index (χ0n) is 16.5. The number of rotatable bonds is 8. The third-order valence-electron chi connectivity index (χ3n) is 4.34. The zero-order chi connectivity index (χ0) is 18.9. The van der Waals surface area contributed by atoms with E-state index < -0.39 is 0 Å². The van der Waals surface area contributed by atoms with Crippen molar-refractivity contribution in [1.82, 2.24) is 15.6 Å². The molecule has 27 heavy (non-hydrogen) atoms. The first-order valence-corrected chi connectivity index (χ1v) is 10.0. The normalized spacial score (nSPS) is 12.4. The van der Waals surface area contributed by atoms with Crippen molar-refractivity contribution < 1.29 is 4.42 Å². The van der Waals surface area contributed by atoms with Crippen LogP contribution in [0.15, 0.2) is 38.1 Å². The number of aliphatic imine (C=N–C) groups is 1. The number of aryl methyl sites for hydroxylation is 2. The van der Waals surface area contributed by atoms with E-state index in [2.05, 4.69) is 74.7 Å². The van der Waals surface area contributed by atoms with Gasteiger partial charge in [-0.05, 0) is 50.8 Å². The Morgan fingerprint density at radius 1 is 1.26 bits per heavy atom. The van der Waals surface area contributed by atoms with E-state index in [0.717, 1.165) is 47.8 Å². The van der Waals surface area contributed by atoms with E-state index in [4.69, 9.17) is 4.42 Å². The van der Waals surface area contributed by atoms with Gasteiger partial charge in [-0.2, -0.15) is 0 Å². The summed E-state index contributed by atoms with van der Waals surface area (Å²) in [6.07, 6.45) is 2.15. The minimum absolute atomic E-state index is 0. The van der Waals surface area contributed by atoms with Gasteiger partial charge in [0.2, 0.25) is 5.89 Å². The maximum absolute atomic E-state index is 5.60. The number of aromatic nitrogens is 1. The second-order valence-corrected chi connectivity index (χ2v) is 7.35. The highest BCUT2D eigenvalue weighted by atomic mass is 127. The number of nitrogens with one attached hydrogen (secondary N) is 2. The number of halogens is 2. The Morgan fingerprint density at radius 3 is 2.63 bits per heavy atom. The standard InChI is InChI=1S/C20H29BrN4O.HI/c1-5-16(10-17-8-7-9-18(21)11-17)12-23-20(22-6-2)24-13-19-25-14(3)15(4)26-19;/h7-9,11,16H,5-6,10,12-13H2,1-4H3,(H2,22,23,24);1H. The van der Waals surface area contributed by atoms with Crippen molar-refractivity contribution in [1.29, 1.82) is 0 Å². The SMILES string of the molecule is CCNC(=NCc1nc(C)c(C)o1)NCC(CC)Cc1cccc(Br)c1.I. The molecule has 0 spiro atoms. The number of nitrogens with zero attached hydrogens (tertiary/aromatic N) is 2. The van der Waals surface area contributed by atoms with Crippen LogP contribution in [0.3, 0.4) is 0 Å². The van der Waals surface area contributed by atoms with Crippen LogP contribution in [0, 0.1) is 19.8 Å². The van der Waals surface area contributed by atoms with E-state index >= 15 is 0 Å². The van der Waals surface area contributed by atoms with Gasteiger partial charge in [0.05, 0.1) is 5.69 Å². The number of hydrogen-bond acceptors (Lipinski definition) is 3. The highest BCUT2D eigenvalue weighted by Crippen LogP contribution is 2.16. The third-order valence-corrected chi connectivity index (χ3v) is 4.83. The molecule has 0 aliphatic carbocycles. The van der Waals surface area contributed by atoms with Gasteiger partial charge in [-0.1, -0.05) is 41.4 Å². The summed E-state index contributed by atoms with van der Waals surface area (Å²) in [5.41, 5.74) is 2.27. The molecular weight excluding hydrogens is 519 g/mol. The Morgan fingerprint density at radius 2 is 2.04 bits per heavy atom. The quantitative estimate of drug-likeness (QED) is 0.277. The molecule has 1 atom stereocenters. The molecule has 0 aliphatic rings. The highest BCUT2D eigenvalue weighted by Gasteiger charge is 2.10. The van der Waals surface area contributed by atoms with Gasteiger partial charge in [-0.25, -0.2) is 9.98 Å². The van der Waals surface area contributed by atoms with Crippen LogP contribution in [0.4, 0.5) is 0 Å². The van der Waals surface area contributed by atoms with Gasteiger partial charge in [-0.3, -0.25) is 0 Å². The predicted octanol–water partition coefficient (Wildman–Crippen LogP) is 5.00. The van der Waals surface area contributed by atoms with Crippen LogP contribution in [0.5, 0.6) is 0 Å². The van der Waals surface area contributed by atoms with Crippen LogP contribution in [0.25, 0.3) is 0 Å². The molecule has 2 N–H and O–H groups in total. The Kier molecular flexibility index (Phi) is 11.0. The monoisotopic (exact) mass is 548 g/mol. The first kappa shape index (κ1) is 23.9. The van der Waals surface area contributed by atoms with Crippen molar-refractivity contribution in [3.05, 3.63) is 51.6 Å². The van der Waals surface area contributed by atoms with Gasteiger partial charge >= 0.3 is 0 Å². The molecule has 0 amide bonds. The molecule has 0 saturated carbocycles. The molecule has 1 aromatic carbocycles. The summed E-state index contributed by atoms with van der Waals surface area (Å²) in [7, 11) is 0. The first-order chi connectivity index (χ1) is 12.5. The van der Waals surface area contributed by atoms with Crippen molar-refractivity contribution in [2.75, 3.05) is 13.1 Å². The maximum atomic E-state index is 5.60. The summed E-state index contributed by atoms with van der Waals surface area (Å²) >= 11 is 3.55. The number of guanidine groups is 1. The van der Waals surface area contributed by atoms with E-state index in [1.807, 2.05) is 13.8 Å². The van der Waals surface area contributed by atoms with Crippen LogP contribution < -0.4 is 10.6 Å². The van der Waals surface area contributed by atoms with E-state index in [1.54, 1.807) is 0 Å². The molecule has 0 bridgehead atoms. The average molecular weight is 549 g/mol. The van der Waals surface area contributed by atoms with Crippen molar-refractivity contribution >= 4 is 45.9 Å². The molecule has 0 aliphatic heterocycles. The van der Waals surface area contributed by atoms with Crippen molar-refractivity contribution in [3.63, 3.8) is 0 Å². The second-order valence-electron chi connectivity index (χ2n) is 6.43. The molecule has 150 valence electrons. The summed E-state index contributed by atoms with van der Waals surface area (Å²) in [6.45, 7) is 10.3. The minimum Gasteiger partial charge on any atom is -0.444 e. The Bertz CT molecular complexity index is 713. The second kappa shape index (κ2) is 12.4. The maximum Gasteiger partial charge on any atom is 0.216 e. The lowest BCUT2D eigenvalue weighted by Gasteiger charge is -2.18. The van der Waals surface area contributed by atoms with Crippen LogP contribution in [-0.4, -0.2) is 24.0 Å². The fourth-order valence-corrected chi connectivity index (χ4v) is 3.14. The first-order valence-electron chi connectivity index (χ1n) is 9.21. The van der Waals surface area contributed by atoms with Crippen LogP contribution in [0.1, 0.15) is 43.2 Å². The fraction of sp³-hybridized carbons (Fsp3) is 0.500. The number of benzene rings is 1. The number of hydrogen-bond donors (Lipinski definition) is 2. The van der Waals surface area contributed by atoms with Gasteiger partial charge in [0, 0.05) is 17.6 Å². The fourth-order valence-electron chi connectivity index (χ4n) is 2.69. The topological polar surface area (TPSA) is 62.5 Å². The summed E-state index contributed by atoms with van der Waals surface area (Å²) < 4.78 is 6.73. The predicted molar refractivity (Wildman–Crippen MR) is 126 cm³/mol. The molecule has 5 nitrogen and oxygen atoms in total. The van der Waals surface area contributed by atoms with Gasteiger partial charge in [0.1, 0.15) is 12.3 Å². The molecule has 7 heteroatoms. The van der Waals surface area contributed by atoms with E-state index in [-0.39, 0.29) is 24.0 Å². The van der Waals surface area contributed by atoms with Crippen LogP contribution >= 0.6 is 39.9 Å². The van der Waals surface area contributed by atoms with E-state index in [1.165, 1.54) is 5.56 Å². The Balaban J connectivity index is 0.00000364. The minimum atomic E-state index is 0. The van der Waals surface area contributed by atoms with Crippen molar-refractivity contribution in [2.45, 2.75) is 47.1 Å². The van der Waals surface area contributed by atoms with Gasteiger partial charge in [0.15, 0.2) is 5.96 Å². The third kappa shape index (κ3) is 8.21. The molecule has 0 radical (unpaired) electrons. The lowest BCUT2D eigenvalue weighted by atomic mass is 9.97.